The van der Waals surface area contributed by atoms with Crippen LogP contribution in [0.4, 0.5) is 13.2 Å². The van der Waals surface area contributed by atoms with Crippen LogP contribution in [0.25, 0.3) is 11.0 Å². The number of thioether (sulfide) groups is 1. The molecule has 22 heavy (non-hydrogen) atoms. The molecule has 0 atom stereocenters. The number of alkyl halides is 3. The van der Waals surface area contributed by atoms with Crippen molar-refractivity contribution in [3.05, 3.63) is 23.8 Å². The van der Waals surface area contributed by atoms with Crippen molar-refractivity contribution in [1.82, 2.24) is 9.55 Å². The van der Waals surface area contributed by atoms with E-state index in [-0.39, 0.29) is 0 Å². The Balaban J connectivity index is 2.36. The number of aromatic nitrogens is 2. The molecule has 2 rings (SSSR count). The molecule has 0 saturated carbocycles. The fourth-order valence-corrected chi connectivity index (χ4v) is 3.12. The zero-order chi connectivity index (χ0) is 16.2. The summed E-state index contributed by atoms with van der Waals surface area (Å²) in [6, 6.07) is 5.73. The molecule has 1 heterocycles. The first-order valence-corrected chi connectivity index (χ1v) is 8.03. The Kier molecular flexibility index (Phi) is 5.35. The molecule has 0 spiro atoms. The number of unbranched alkanes of at least 4 members (excludes halogenated alkanes) is 1. The summed E-state index contributed by atoms with van der Waals surface area (Å²) in [7, 11) is 0. The van der Waals surface area contributed by atoms with Crippen molar-refractivity contribution in [3.63, 3.8) is 0 Å². The number of halogens is 3. The summed E-state index contributed by atoms with van der Waals surface area (Å²) in [5.74, 6) is 0.729. The molecule has 0 amide bonds. The first kappa shape index (κ1) is 16.7. The number of benzene rings is 1. The normalized spacial score (nSPS) is 11.8. The Bertz CT molecular complexity index is 686. The Morgan fingerprint density at radius 3 is 2.77 bits per heavy atom. The van der Waals surface area contributed by atoms with Gasteiger partial charge in [-0.25, -0.2) is 4.98 Å². The van der Waals surface area contributed by atoms with Gasteiger partial charge in [0, 0.05) is 18.7 Å². The topological polar surface area (TPSA) is 41.6 Å². The molecule has 0 fully saturated rings. The third kappa shape index (κ3) is 3.74. The molecule has 1 aromatic carbocycles. The van der Waals surface area contributed by atoms with E-state index in [0.717, 1.165) is 30.7 Å². The second kappa shape index (κ2) is 7.05. The highest BCUT2D eigenvalue weighted by molar-refractivity contribution is 7.99. The minimum absolute atomic E-state index is 0.471. The van der Waals surface area contributed by atoms with E-state index < -0.39 is 11.7 Å². The van der Waals surface area contributed by atoms with Crippen molar-refractivity contribution < 1.29 is 13.2 Å². The average Bonchev–Trinajstić information content (AvgIpc) is 2.80. The van der Waals surface area contributed by atoms with Gasteiger partial charge in [0.25, 0.3) is 0 Å². The monoisotopic (exact) mass is 327 g/mol. The van der Waals surface area contributed by atoms with Crippen LogP contribution < -0.4 is 0 Å². The zero-order valence-electron chi connectivity index (χ0n) is 12.2. The third-order valence-corrected chi connectivity index (χ3v) is 4.21. The Labute approximate surface area is 131 Å². The third-order valence-electron chi connectivity index (χ3n) is 3.15. The molecule has 3 nitrogen and oxygen atoms in total. The predicted octanol–water partition coefficient (Wildman–Crippen LogP) is 4.86. The van der Waals surface area contributed by atoms with Gasteiger partial charge < -0.3 is 4.57 Å². The van der Waals surface area contributed by atoms with Gasteiger partial charge in [0.1, 0.15) is 0 Å². The lowest BCUT2D eigenvalue weighted by atomic mass is 10.2. The number of hydrogen-bond acceptors (Lipinski definition) is 3. The SMILES string of the molecule is CCCn1c(SCCCC#N)nc2ccc(C(F)(F)F)cc21. The van der Waals surface area contributed by atoms with Gasteiger partial charge in [-0.2, -0.15) is 18.4 Å². The van der Waals surface area contributed by atoms with E-state index in [1.807, 2.05) is 11.5 Å². The number of nitrogens with zero attached hydrogens (tertiary/aromatic N) is 3. The molecule has 0 bridgehead atoms. The van der Waals surface area contributed by atoms with Crippen molar-refractivity contribution in [3.8, 4) is 6.07 Å². The van der Waals surface area contributed by atoms with Crippen LogP contribution in [0.5, 0.6) is 0 Å². The largest absolute Gasteiger partial charge is 0.416 e. The Morgan fingerprint density at radius 1 is 1.36 bits per heavy atom. The summed E-state index contributed by atoms with van der Waals surface area (Å²) in [5.41, 5.74) is 0.432. The fourth-order valence-electron chi connectivity index (χ4n) is 2.14. The molecule has 118 valence electrons. The zero-order valence-corrected chi connectivity index (χ0v) is 13.0. The molecule has 0 aliphatic rings. The minimum Gasteiger partial charge on any atom is -0.319 e. The molecular weight excluding hydrogens is 311 g/mol. The van der Waals surface area contributed by atoms with Gasteiger partial charge in [-0.15, -0.1) is 0 Å². The van der Waals surface area contributed by atoms with Crippen molar-refractivity contribution >= 4 is 22.8 Å². The van der Waals surface area contributed by atoms with E-state index in [4.69, 9.17) is 5.26 Å². The smallest absolute Gasteiger partial charge is 0.319 e. The summed E-state index contributed by atoms with van der Waals surface area (Å²) < 4.78 is 40.4. The van der Waals surface area contributed by atoms with Crippen molar-refractivity contribution in [2.75, 3.05) is 5.75 Å². The first-order chi connectivity index (χ1) is 10.5. The van der Waals surface area contributed by atoms with Crippen molar-refractivity contribution in [2.24, 2.45) is 0 Å². The first-order valence-electron chi connectivity index (χ1n) is 7.04. The number of fused-ring (bicyclic) bond motifs is 1. The molecule has 0 aliphatic heterocycles. The van der Waals surface area contributed by atoms with E-state index in [9.17, 15) is 13.2 Å². The maximum absolute atomic E-state index is 12.9. The number of aryl methyl sites for hydroxylation is 1. The maximum Gasteiger partial charge on any atom is 0.416 e. The van der Waals surface area contributed by atoms with E-state index in [1.54, 1.807) is 0 Å². The van der Waals surface area contributed by atoms with E-state index in [1.165, 1.54) is 17.8 Å². The summed E-state index contributed by atoms with van der Waals surface area (Å²) in [6.45, 7) is 2.60. The molecule has 7 heteroatoms. The fraction of sp³-hybridized carbons (Fsp3) is 0.467. The average molecular weight is 327 g/mol. The molecule has 0 saturated heterocycles. The quantitative estimate of drug-likeness (QED) is 0.562. The van der Waals surface area contributed by atoms with Crippen LogP contribution in [-0.2, 0) is 12.7 Å². The Morgan fingerprint density at radius 2 is 2.14 bits per heavy atom. The number of rotatable bonds is 6. The molecule has 0 radical (unpaired) electrons. The van der Waals surface area contributed by atoms with Gasteiger partial charge in [-0.1, -0.05) is 18.7 Å². The van der Waals surface area contributed by atoms with Crippen LogP contribution in [0.3, 0.4) is 0 Å². The van der Waals surface area contributed by atoms with Crippen LogP contribution in [0.1, 0.15) is 31.7 Å². The van der Waals surface area contributed by atoms with Crippen LogP contribution in [0, 0.1) is 11.3 Å². The van der Waals surface area contributed by atoms with E-state index in [0.29, 0.717) is 29.2 Å². The highest BCUT2D eigenvalue weighted by Crippen LogP contribution is 2.33. The predicted molar refractivity (Wildman–Crippen MR) is 80.6 cm³/mol. The molecule has 2 aromatic rings. The summed E-state index contributed by atoms with van der Waals surface area (Å²) in [5, 5.41) is 9.25. The van der Waals surface area contributed by atoms with Crippen LogP contribution in [0.2, 0.25) is 0 Å². The molecule has 0 aliphatic carbocycles. The maximum atomic E-state index is 12.9. The lowest BCUT2D eigenvalue weighted by Crippen LogP contribution is -2.05. The van der Waals surface area contributed by atoms with Crippen LogP contribution in [0.15, 0.2) is 23.4 Å². The minimum atomic E-state index is -4.35. The molecule has 0 N–H and O–H groups in total. The van der Waals surface area contributed by atoms with Crippen LogP contribution >= 0.6 is 11.8 Å². The molecule has 1 aromatic heterocycles. The highest BCUT2D eigenvalue weighted by atomic mass is 32.2. The van der Waals surface area contributed by atoms with E-state index in [2.05, 4.69) is 11.1 Å². The lowest BCUT2D eigenvalue weighted by Gasteiger charge is -2.09. The van der Waals surface area contributed by atoms with Gasteiger partial charge in [-0.3, -0.25) is 0 Å². The standard InChI is InChI=1S/C15H16F3N3S/c1-2-8-21-13-10-11(15(16,17)18)5-6-12(13)20-14(21)22-9-4-3-7-19/h5-6,10H,2-4,8-9H2,1H3. The summed E-state index contributed by atoms with van der Waals surface area (Å²) in [6.07, 6.45) is -2.33. The summed E-state index contributed by atoms with van der Waals surface area (Å²) >= 11 is 1.49. The summed E-state index contributed by atoms with van der Waals surface area (Å²) in [4.78, 5) is 4.43. The number of hydrogen-bond donors (Lipinski definition) is 0. The Hall–Kier alpha value is -1.68. The van der Waals surface area contributed by atoms with Crippen molar-refractivity contribution in [2.45, 2.75) is 44.1 Å². The number of imidazole rings is 1. The van der Waals surface area contributed by atoms with E-state index >= 15 is 0 Å². The highest BCUT2D eigenvalue weighted by Gasteiger charge is 2.31. The van der Waals surface area contributed by atoms with Crippen molar-refractivity contribution in [1.29, 1.82) is 5.26 Å². The van der Waals surface area contributed by atoms with Crippen LogP contribution in [-0.4, -0.2) is 15.3 Å². The van der Waals surface area contributed by atoms with Gasteiger partial charge >= 0.3 is 6.18 Å². The van der Waals surface area contributed by atoms with Gasteiger partial charge in [-0.05, 0) is 31.0 Å². The lowest BCUT2D eigenvalue weighted by molar-refractivity contribution is -0.137. The van der Waals surface area contributed by atoms with Gasteiger partial charge in [0.05, 0.1) is 22.7 Å². The van der Waals surface area contributed by atoms with Gasteiger partial charge in [0.2, 0.25) is 0 Å². The van der Waals surface area contributed by atoms with Gasteiger partial charge in [0.15, 0.2) is 5.16 Å². The second-order valence-corrected chi connectivity index (χ2v) is 5.92. The number of nitriles is 1. The second-order valence-electron chi connectivity index (χ2n) is 4.86. The molecule has 0 unspecified atom stereocenters. The molecular formula is C15H16F3N3S.